The van der Waals surface area contributed by atoms with Crippen molar-refractivity contribution in [2.75, 3.05) is 6.54 Å². The van der Waals surface area contributed by atoms with E-state index in [1.54, 1.807) is 23.1 Å². The summed E-state index contributed by atoms with van der Waals surface area (Å²) in [7, 11) is 0. The van der Waals surface area contributed by atoms with Crippen LogP contribution in [0.15, 0.2) is 18.2 Å². The fourth-order valence-electron chi connectivity index (χ4n) is 1.95. The molecule has 0 aromatic heterocycles. The molecule has 2 rings (SSSR count). The zero-order valence-corrected chi connectivity index (χ0v) is 11.3. The monoisotopic (exact) mass is 286 g/mol. The minimum absolute atomic E-state index is 0.206. The molecule has 1 fully saturated rings. The average Bonchev–Trinajstić information content (AvgIpc) is 2.28. The Morgan fingerprint density at radius 1 is 1.33 bits per heavy atom. The summed E-state index contributed by atoms with van der Waals surface area (Å²) < 4.78 is 0. The molecule has 0 aliphatic carbocycles. The molecule has 0 saturated carbocycles. The van der Waals surface area contributed by atoms with E-state index < -0.39 is 0 Å². The fourth-order valence-corrected chi connectivity index (χ4v) is 2.52. The Morgan fingerprint density at radius 2 is 2.06 bits per heavy atom. The van der Waals surface area contributed by atoms with Gasteiger partial charge in [0.25, 0.3) is 0 Å². The smallest absolute Gasteiger partial charge is 0.317 e. The van der Waals surface area contributed by atoms with Crippen LogP contribution in [0.3, 0.4) is 0 Å². The van der Waals surface area contributed by atoms with Gasteiger partial charge in [-0.2, -0.15) is 0 Å². The predicted octanol–water partition coefficient (Wildman–Crippen LogP) is 3.00. The summed E-state index contributed by atoms with van der Waals surface area (Å²) in [5, 5.41) is 3.35. The second-order valence-corrected chi connectivity index (χ2v) is 4.98. The molecular weight excluding hydrogens is 275 g/mol. The van der Waals surface area contributed by atoms with Crippen LogP contribution in [-0.4, -0.2) is 23.4 Å². The van der Waals surface area contributed by atoms with Crippen LogP contribution in [0.4, 0.5) is 4.79 Å². The highest BCUT2D eigenvalue weighted by molar-refractivity contribution is 6.35. The van der Waals surface area contributed by atoms with Gasteiger partial charge in [-0.15, -0.1) is 0 Å². The van der Waals surface area contributed by atoms with Gasteiger partial charge < -0.3 is 4.90 Å². The van der Waals surface area contributed by atoms with E-state index in [9.17, 15) is 9.59 Å². The van der Waals surface area contributed by atoms with Crippen molar-refractivity contribution in [1.82, 2.24) is 10.2 Å². The van der Waals surface area contributed by atoms with Crippen molar-refractivity contribution in [2.24, 2.45) is 0 Å². The third-order valence-corrected chi connectivity index (χ3v) is 3.53. The predicted molar refractivity (Wildman–Crippen MR) is 69.7 cm³/mol. The molecule has 1 N–H and O–H groups in total. The van der Waals surface area contributed by atoms with Crippen molar-refractivity contribution >= 4 is 35.1 Å². The first-order valence-corrected chi connectivity index (χ1v) is 6.30. The molecule has 1 aromatic rings. The lowest BCUT2D eigenvalue weighted by molar-refractivity contribution is -0.121. The Morgan fingerprint density at radius 3 is 2.67 bits per heavy atom. The summed E-state index contributed by atoms with van der Waals surface area (Å²) >= 11 is 11.9. The number of rotatable bonds is 2. The van der Waals surface area contributed by atoms with Gasteiger partial charge in [-0.3, -0.25) is 10.1 Å². The lowest BCUT2D eigenvalue weighted by Gasteiger charge is -2.32. The second-order valence-electron chi connectivity index (χ2n) is 4.14. The third kappa shape index (κ3) is 2.60. The number of nitrogens with one attached hydrogen (secondary N) is 1. The van der Waals surface area contributed by atoms with Gasteiger partial charge in [0.05, 0.1) is 6.04 Å². The standard InChI is InChI=1S/C12H12Cl2N2O2/c1-7(9-3-2-8(13)6-10(9)14)16-5-4-11(17)15-12(16)18/h2-3,6-7H,4-5H2,1H3,(H,15,17,18). The molecule has 1 heterocycles. The average molecular weight is 287 g/mol. The number of imide groups is 1. The zero-order chi connectivity index (χ0) is 13.3. The molecule has 3 amide bonds. The van der Waals surface area contributed by atoms with E-state index in [1.807, 2.05) is 6.92 Å². The number of carbonyl (C=O) groups is 2. The van der Waals surface area contributed by atoms with Crippen molar-refractivity contribution in [3.63, 3.8) is 0 Å². The van der Waals surface area contributed by atoms with Crippen molar-refractivity contribution < 1.29 is 9.59 Å². The van der Waals surface area contributed by atoms with Crippen molar-refractivity contribution in [1.29, 1.82) is 0 Å². The Hall–Kier alpha value is -1.26. The minimum atomic E-state index is -0.384. The number of halogens is 2. The Balaban J connectivity index is 2.23. The molecule has 1 unspecified atom stereocenters. The third-order valence-electron chi connectivity index (χ3n) is 2.97. The summed E-state index contributed by atoms with van der Waals surface area (Å²) in [5.41, 5.74) is 0.811. The van der Waals surface area contributed by atoms with Gasteiger partial charge in [0.15, 0.2) is 0 Å². The van der Waals surface area contributed by atoms with Crippen LogP contribution in [0.5, 0.6) is 0 Å². The normalized spacial score (nSPS) is 17.6. The van der Waals surface area contributed by atoms with Gasteiger partial charge >= 0.3 is 6.03 Å². The lowest BCUT2D eigenvalue weighted by atomic mass is 10.1. The molecule has 6 heteroatoms. The van der Waals surface area contributed by atoms with Crippen LogP contribution >= 0.6 is 23.2 Å². The Kier molecular flexibility index (Phi) is 3.78. The molecule has 1 aliphatic heterocycles. The lowest BCUT2D eigenvalue weighted by Crippen LogP contribution is -2.50. The van der Waals surface area contributed by atoms with E-state index in [2.05, 4.69) is 5.32 Å². The largest absolute Gasteiger partial charge is 0.324 e. The highest BCUT2D eigenvalue weighted by Crippen LogP contribution is 2.30. The first kappa shape index (κ1) is 13.2. The number of urea groups is 1. The zero-order valence-electron chi connectivity index (χ0n) is 9.74. The van der Waals surface area contributed by atoms with Crippen LogP contribution in [0.1, 0.15) is 24.9 Å². The first-order chi connectivity index (χ1) is 8.49. The second kappa shape index (κ2) is 5.16. The van der Waals surface area contributed by atoms with Gasteiger partial charge in [0, 0.05) is 23.0 Å². The quantitative estimate of drug-likeness (QED) is 0.909. The van der Waals surface area contributed by atoms with Gasteiger partial charge in [0.2, 0.25) is 5.91 Å². The number of carbonyl (C=O) groups excluding carboxylic acids is 2. The van der Waals surface area contributed by atoms with E-state index >= 15 is 0 Å². The molecule has 1 aromatic carbocycles. The minimum Gasteiger partial charge on any atom is -0.317 e. The molecule has 1 saturated heterocycles. The van der Waals surface area contributed by atoms with Crippen LogP contribution in [-0.2, 0) is 4.79 Å². The maximum Gasteiger partial charge on any atom is 0.324 e. The number of benzene rings is 1. The number of hydrogen-bond donors (Lipinski definition) is 1. The maximum atomic E-state index is 11.7. The molecule has 4 nitrogen and oxygen atoms in total. The summed E-state index contributed by atoms with van der Waals surface area (Å²) in [6, 6.07) is 4.57. The topological polar surface area (TPSA) is 49.4 Å². The molecule has 0 spiro atoms. The molecule has 1 atom stereocenters. The number of hydrogen-bond acceptors (Lipinski definition) is 2. The summed E-state index contributed by atoms with van der Waals surface area (Å²) in [5.74, 6) is -0.245. The van der Waals surface area contributed by atoms with Crippen LogP contribution in [0.2, 0.25) is 10.0 Å². The van der Waals surface area contributed by atoms with Gasteiger partial charge in [-0.25, -0.2) is 4.79 Å². The van der Waals surface area contributed by atoms with E-state index in [-0.39, 0.29) is 18.0 Å². The van der Waals surface area contributed by atoms with E-state index in [1.165, 1.54) is 0 Å². The Bertz CT molecular complexity index is 505. The first-order valence-electron chi connectivity index (χ1n) is 5.54. The van der Waals surface area contributed by atoms with Crippen molar-refractivity contribution in [2.45, 2.75) is 19.4 Å². The highest BCUT2D eigenvalue weighted by Gasteiger charge is 2.28. The van der Waals surface area contributed by atoms with Gasteiger partial charge in [0.1, 0.15) is 0 Å². The Labute approximate surface area is 115 Å². The van der Waals surface area contributed by atoms with E-state index in [0.29, 0.717) is 23.0 Å². The van der Waals surface area contributed by atoms with Crippen molar-refractivity contribution in [3.05, 3.63) is 33.8 Å². The van der Waals surface area contributed by atoms with Gasteiger partial charge in [-0.05, 0) is 24.6 Å². The summed E-state index contributed by atoms with van der Waals surface area (Å²) in [4.78, 5) is 24.4. The number of amides is 3. The molecular formula is C12H12Cl2N2O2. The summed E-state index contributed by atoms with van der Waals surface area (Å²) in [6.45, 7) is 2.26. The van der Waals surface area contributed by atoms with E-state index in [0.717, 1.165) is 5.56 Å². The van der Waals surface area contributed by atoms with Gasteiger partial charge in [-0.1, -0.05) is 29.3 Å². The van der Waals surface area contributed by atoms with Crippen LogP contribution in [0.25, 0.3) is 0 Å². The summed E-state index contributed by atoms with van der Waals surface area (Å²) in [6.07, 6.45) is 0.307. The number of nitrogens with zero attached hydrogens (tertiary/aromatic N) is 1. The van der Waals surface area contributed by atoms with E-state index in [4.69, 9.17) is 23.2 Å². The fraction of sp³-hybridized carbons (Fsp3) is 0.333. The van der Waals surface area contributed by atoms with Crippen LogP contribution in [0, 0.1) is 0 Å². The van der Waals surface area contributed by atoms with Crippen LogP contribution < -0.4 is 5.32 Å². The molecule has 0 bridgehead atoms. The molecule has 0 radical (unpaired) electrons. The molecule has 1 aliphatic rings. The highest BCUT2D eigenvalue weighted by atomic mass is 35.5. The van der Waals surface area contributed by atoms with Crippen molar-refractivity contribution in [3.8, 4) is 0 Å². The molecule has 18 heavy (non-hydrogen) atoms. The SMILES string of the molecule is CC(c1ccc(Cl)cc1Cl)N1CCC(=O)NC1=O. The maximum absolute atomic E-state index is 11.7. The molecule has 96 valence electrons.